The molecule has 2 aromatic heterocycles. The molecule has 2 heteroatoms. The lowest BCUT2D eigenvalue weighted by atomic mass is 9.90. The van der Waals surface area contributed by atoms with Gasteiger partial charge in [0.25, 0.3) is 0 Å². The maximum atomic E-state index is 4.60. The van der Waals surface area contributed by atoms with Crippen molar-refractivity contribution in [2.45, 2.75) is 0 Å². The van der Waals surface area contributed by atoms with Crippen LogP contribution in [0.15, 0.2) is 97.5 Å². The van der Waals surface area contributed by atoms with Gasteiger partial charge in [-0.3, -0.25) is 9.97 Å². The lowest BCUT2D eigenvalue weighted by Crippen LogP contribution is -1.92. The molecule has 0 aliphatic rings. The highest BCUT2D eigenvalue weighted by molar-refractivity contribution is 5.93. The summed E-state index contributed by atoms with van der Waals surface area (Å²) in [6, 6.07) is 26.9. The van der Waals surface area contributed by atoms with Crippen molar-refractivity contribution in [2.75, 3.05) is 0 Å². The third-order valence-electron chi connectivity index (χ3n) is 4.04. The Kier molecular flexibility index (Phi) is 3.86. The van der Waals surface area contributed by atoms with Gasteiger partial charge in [-0.1, -0.05) is 60.7 Å². The molecule has 0 atom stereocenters. The minimum atomic E-state index is 0.968. The zero-order valence-electron chi connectivity index (χ0n) is 13.1. The number of hydrogen-bond acceptors (Lipinski definition) is 2. The number of benzene rings is 2. The molecule has 4 rings (SSSR count). The molecule has 0 radical (unpaired) electrons. The first-order valence-electron chi connectivity index (χ1n) is 7.94. The van der Waals surface area contributed by atoms with Gasteiger partial charge in [0.15, 0.2) is 0 Å². The lowest BCUT2D eigenvalue weighted by Gasteiger charge is -2.15. The van der Waals surface area contributed by atoms with Crippen molar-refractivity contribution < 1.29 is 0 Å². The van der Waals surface area contributed by atoms with E-state index in [2.05, 4.69) is 64.6 Å². The molecule has 0 fully saturated rings. The second-order valence-corrected chi connectivity index (χ2v) is 5.55. The molecule has 0 N–H and O–H groups in total. The monoisotopic (exact) mass is 308 g/mol. The topological polar surface area (TPSA) is 25.8 Å². The highest BCUT2D eigenvalue weighted by Crippen LogP contribution is 2.38. The largest absolute Gasteiger partial charge is 0.264 e. The van der Waals surface area contributed by atoms with Crippen LogP contribution >= 0.6 is 0 Å². The lowest BCUT2D eigenvalue weighted by molar-refractivity contribution is 1.31. The van der Waals surface area contributed by atoms with Crippen molar-refractivity contribution >= 4 is 0 Å². The van der Waals surface area contributed by atoms with E-state index in [4.69, 9.17) is 0 Å². The Labute approximate surface area is 141 Å². The normalized spacial score (nSPS) is 10.5. The third kappa shape index (κ3) is 2.70. The van der Waals surface area contributed by atoms with Crippen LogP contribution < -0.4 is 0 Å². The van der Waals surface area contributed by atoms with E-state index in [9.17, 15) is 0 Å². The maximum absolute atomic E-state index is 4.60. The third-order valence-corrected chi connectivity index (χ3v) is 4.04. The van der Waals surface area contributed by atoms with Crippen LogP contribution in [0.4, 0.5) is 0 Å². The summed E-state index contributed by atoms with van der Waals surface area (Å²) >= 11 is 0. The summed E-state index contributed by atoms with van der Waals surface area (Å²) in [5.74, 6) is 0. The predicted molar refractivity (Wildman–Crippen MR) is 98.3 cm³/mol. The Morgan fingerprint density at radius 1 is 0.542 bits per heavy atom. The number of pyridine rings is 2. The van der Waals surface area contributed by atoms with Gasteiger partial charge in [0.2, 0.25) is 0 Å². The van der Waals surface area contributed by atoms with Crippen LogP contribution in [0, 0.1) is 0 Å². The summed E-state index contributed by atoms with van der Waals surface area (Å²) in [5, 5.41) is 0. The summed E-state index contributed by atoms with van der Waals surface area (Å²) in [5.41, 5.74) is 6.70. The SMILES string of the molecule is c1ccc(-c2cccc(-c3cccnc3)c2-c2ccccn2)cc1. The van der Waals surface area contributed by atoms with Crippen LogP contribution in [0.5, 0.6) is 0 Å². The van der Waals surface area contributed by atoms with E-state index in [-0.39, 0.29) is 0 Å². The van der Waals surface area contributed by atoms with Gasteiger partial charge >= 0.3 is 0 Å². The molecular weight excluding hydrogens is 292 g/mol. The van der Waals surface area contributed by atoms with Crippen molar-refractivity contribution in [1.82, 2.24) is 9.97 Å². The summed E-state index contributed by atoms with van der Waals surface area (Å²) in [6.07, 6.45) is 5.53. The first-order chi connectivity index (χ1) is 11.9. The number of hydrogen-bond donors (Lipinski definition) is 0. The molecule has 2 heterocycles. The Morgan fingerprint density at radius 2 is 1.29 bits per heavy atom. The molecule has 4 aromatic rings. The van der Waals surface area contributed by atoms with Gasteiger partial charge in [-0.15, -0.1) is 0 Å². The van der Waals surface area contributed by atoms with Crippen molar-refractivity contribution in [1.29, 1.82) is 0 Å². The average Bonchev–Trinajstić information content (AvgIpc) is 2.69. The zero-order chi connectivity index (χ0) is 16.2. The predicted octanol–water partition coefficient (Wildman–Crippen LogP) is 5.48. The smallest absolute Gasteiger partial charge is 0.0714 e. The van der Waals surface area contributed by atoms with E-state index in [1.807, 2.05) is 36.7 Å². The molecule has 0 saturated carbocycles. The molecule has 0 aliphatic heterocycles. The van der Waals surface area contributed by atoms with E-state index in [1.54, 1.807) is 6.20 Å². The first kappa shape index (κ1) is 14.3. The maximum Gasteiger partial charge on any atom is 0.0714 e. The van der Waals surface area contributed by atoms with Gasteiger partial charge in [-0.05, 0) is 34.9 Å². The standard InChI is InChI=1S/C22H16N2/c1-2-8-17(9-3-1)19-11-6-12-20(18-10-7-14-23-16-18)22(19)21-13-4-5-15-24-21/h1-16H. The van der Waals surface area contributed by atoms with Crippen LogP contribution in [-0.4, -0.2) is 9.97 Å². The van der Waals surface area contributed by atoms with Crippen molar-refractivity contribution in [3.8, 4) is 33.5 Å². The zero-order valence-corrected chi connectivity index (χ0v) is 13.1. The van der Waals surface area contributed by atoms with E-state index in [1.165, 1.54) is 11.1 Å². The van der Waals surface area contributed by atoms with Crippen molar-refractivity contribution in [3.63, 3.8) is 0 Å². The molecular formula is C22H16N2. The van der Waals surface area contributed by atoms with Crippen molar-refractivity contribution in [2.24, 2.45) is 0 Å². The molecule has 0 unspecified atom stereocenters. The fourth-order valence-electron chi connectivity index (χ4n) is 2.96. The molecule has 0 aliphatic carbocycles. The molecule has 24 heavy (non-hydrogen) atoms. The van der Waals surface area contributed by atoms with Gasteiger partial charge in [0.1, 0.15) is 0 Å². The van der Waals surface area contributed by atoms with Gasteiger partial charge in [0, 0.05) is 29.7 Å². The molecule has 0 amide bonds. The first-order valence-corrected chi connectivity index (χ1v) is 7.94. The Bertz CT molecular complexity index is 876. The van der Waals surface area contributed by atoms with E-state index in [0.29, 0.717) is 0 Å². The quantitative estimate of drug-likeness (QED) is 0.501. The van der Waals surface area contributed by atoms with Crippen LogP contribution in [-0.2, 0) is 0 Å². The second kappa shape index (κ2) is 6.47. The minimum absolute atomic E-state index is 0.968. The summed E-state index contributed by atoms with van der Waals surface area (Å²) in [7, 11) is 0. The Hall–Kier alpha value is -3.26. The number of rotatable bonds is 3. The fraction of sp³-hybridized carbons (Fsp3) is 0. The van der Waals surface area contributed by atoms with Gasteiger partial charge in [-0.25, -0.2) is 0 Å². The van der Waals surface area contributed by atoms with Crippen LogP contribution in [0.25, 0.3) is 33.5 Å². The molecule has 114 valence electrons. The Morgan fingerprint density at radius 3 is 2.00 bits per heavy atom. The molecule has 0 bridgehead atoms. The van der Waals surface area contributed by atoms with Crippen molar-refractivity contribution in [3.05, 3.63) is 97.5 Å². The second-order valence-electron chi connectivity index (χ2n) is 5.55. The van der Waals surface area contributed by atoms with Crippen LogP contribution in [0.2, 0.25) is 0 Å². The molecule has 2 aromatic carbocycles. The summed E-state index contributed by atoms with van der Waals surface area (Å²) in [4.78, 5) is 8.88. The van der Waals surface area contributed by atoms with Gasteiger partial charge in [-0.2, -0.15) is 0 Å². The van der Waals surface area contributed by atoms with Crippen LogP contribution in [0.3, 0.4) is 0 Å². The molecule has 0 saturated heterocycles. The molecule has 0 spiro atoms. The van der Waals surface area contributed by atoms with E-state index >= 15 is 0 Å². The Balaban J connectivity index is 2.02. The number of aromatic nitrogens is 2. The fourth-order valence-corrected chi connectivity index (χ4v) is 2.96. The summed E-state index contributed by atoms with van der Waals surface area (Å²) < 4.78 is 0. The van der Waals surface area contributed by atoms with E-state index in [0.717, 1.165) is 22.4 Å². The number of nitrogens with zero attached hydrogens (tertiary/aromatic N) is 2. The molecule has 2 nitrogen and oxygen atoms in total. The average molecular weight is 308 g/mol. The van der Waals surface area contributed by atoms with Gasteiger partial charge in [0.05, 0.1) is 5.69 Å². The minimum Gasteiger partial charge on any atom is -0.264 e. The highest BCUT2D eigenvalue weighted by Gasteiger charge is 2.14. The summed E-state index contributed by atoms with van der Waals surface area (Å²) in [6.45, 7) is 0. The van der Waals surface area contributed by atoms with Crippen LogP contribution in [0.1, 0.15) is 0 Å². The highest BCUT2D eigenvalue weighted by atomic mass is 14.7. The van der Waals surface area contributed by atoms with Gasteiger partial charge < -0.3 is 0 Å². The van der Waals surface area contributed by atoms with E-state index < -0.39 is 0 Å².